The molecule has 0 spiro atoms. The molecule has 0 saturated carbocycles. The molecule has 9 nitrogen and oxygen atoms in total. The molecule has 0 fully saturated rings. The van der Waals surface area contributed by atoms with Crippen molar-refractivity contribution in [2.45, 2.75) is 33.1 Å². The van der Waals surface area contributed by atoms with Crippen molar-refractivity contribution in [3.8, 4) is 0 Å². The van der Waals surface area contributed by atoms with E-state index in [2.05, 4.69) is 10.6 Å². The molecule has 2 amide bonds. The second kappa shape index (κ2) is 9.50. The Labute approximate surface area is 150 Å². The lowest BCUT2D eigenvalue weighted by molar-refractivity contribution is -0.384. The third-order valence-electron chi connectivity index (χ3n) is 4.41. The number of non-ortho nitro benzene ring substituents is 1. The molecule has 1 rings (SSSR count). The Hall–Kier alpha value is -2.97. The zero-order valence-electron chi connectivity index (χ0n) is 14.8. The van der Waals surface area contributed by atoms with Gasteiger partial charge in [-0.25, -0.2) is 0 Å². The summed E-state index contributed by atoms with van der Waals surface area (Å²) >= 11 is 0. The first-order valence-corrected chi connectivity index (χ1v) is 8.28. The molecule has 0 aliphatic heterocycles. The molecule has 1 aromatic carbocycles. The van der Waals surface area contributed by atoms with Gasteiger partial charge in [-0.1, -0.05) is 13.8 Å². The Morgan fingerprint density at radius 2 is 1.69 bits per heavy atom. The van der Waals surface area contributed by atoms with Crippen LogP contribution >= 0.6 is 0 Å². The van der Waals surface area contributed by atoms with E-state index in [4.69, 9.17) is 0 Å². The number of nitro groups is 1. The van der Waals surface area contributed by atoms with E-state index in [1.165, 1.54) is 24.3 Å². The lowest BCUT2D eigenvalue weighted by Gasteiger charge is -2.26. The van der Waals surface area contributed by atoms with Crippen LogP contribution in [0.3, 0.4) is 0 Å². The minimum absolute atomic E-state index is 0.00183. The molecule has 0 bridgehead atoms. The Morgan fingerprint density at radius 1 is 1.12 bits per heavy atom. The van der Waals surface area contributed by atoms with Crippen LogP contribution in [-0.4, -0.2) is 40.9 Å². The SMILES string of the molecule is CCC(CC)(CNC(=O)CCNC(=O)c1ccc([N+](=O)[O-])cc1)C(=O)O. The van der Waals surface area contributed by atoms with E-state index in [1.807, 2.05) is 0 Å². The molecule has 26 heavy (non-hydrogen) atoms. The zero-order valence-corrected chi connectivity index (χ0v) is 14.8. The highest BCUT2D eigenvalue weighted by molar-refractivity contribution is 5.94. The van der Waals surface area contributed by atoms with Crippen molar-refractivity contribution >= 4 is 23.5 Å². The molecule has 1 aromatic rings. The number of hydrogen-bond donors (Lipinski definition) is 3. The van der Waals surface area contributed by atoms with Crippen LogP contribution in [0.2, 0.25) is 0 Å². The molecule has 0 radical (unpaired) electrons. The summed E-state index contributed by atoms with van der Waals surface area (Å²) in [6, 6.07) is 5.11. The number of carboxylic acids is 1. The molecule has 0 aliphatic carbocycles. The van der Waals surface area contributed by atoms with E-state index in [-0.39, 0.29) is 36.7 Å². The van der Waals surface area contributed by atoms with Crippen LogP contribution in [0.15, 0.2) is 24.3 Å². The van der Waals surface area contributed by atoms with Crippen molar-refractivity contribution in [2.75, 3.05) is 13.1 Å². The Bertz CT molecular complexity index is 668. The summed E-state index contributed by atoms with van der Waals surface area (Å²) in [5, 5.41) is 25.0. The molecule has 9 heteroatoms. The first kappa shape index (κ1) is 21.1. The summed E-state index contributed by atoms with van der Waals surface area (Å²) in [6.45, 7) is 3.62. The highest BCUT2D eigenvalue weighted by Gasteiger charge is 2.34. The number of nitrogens with zero attached hydrogens (tertiary/aromatic N) is 1. The number of rotatable bonds is 10. The maximum Gasteiger partial charge on any atom is 0.311 e. The Balaban J connectivity index is 2.44. The monoisotopic (exact) mass is 365 g/mol. The molecule has 0 saturated heterocycles. The second-order valence-electron chi connectivity index (χ2n) is 5.88. The van der Waals surface area contributed by atoms with E-state index in [0.29, 0.717) is 12.8 Å². The van der Waals surface area contributed by atoms with E-state index in [9.17, 15) is 29.6 Å². The smallest absolute Gasteiger partial charge is 0.311 e. The van der Waals surface area contributed by atoms with Gasteiger partial charge in [0.2, 0.25) is 5.91 Å². The number of benzene rings is 1. The van der Waals surface area contributed by atoms with E-state index in [0.717, 1.165) is 0 Å². The van der Waals surface area contributed by atoms with Crippen LogP contribution in [0.25, 0.3) is 0 Å². The van der Waals surface area contributed by atoms with Crippen LogP contribution < -0.4 is 10.6 Å². The minimum Gasteiger partial charge on any atom is -0.481 e. The molecule has 0 aliphatic rings. The average Bonchev–Trinajstić information content (AvgIpc) is 2.62. The van der Waals surface area contributed by atoms with Gasteiger partial charge in [0.25, 0.3) is 11.6 Å². The van der Waals surface area contributed by atoms with Crippen LogP contribution in [0.4, 0.5) is 5.69 Å². The number of hydrogen-bond acceptors (Lipinski definition) is 5. The molecular formula is C17H23N3O6. The zero-order chi connectivity index (χ0) is 19.7. The Morgan fingerprint density at radius 3 is 2.15 bits per heavy atom. The summed E-state index contributed by atoms with van der Waals surface area (Å²) in [5.74, 6) is -1.76. The number of carbonyl (C=O) groups excluding carboxylic acids is 2. The molecule has 0 atom stereocenters. The van der Waals surface area contributed by atoms with Crippen LogP contribution in [0, 0.1) is 15.5 Å². The topological polar surface area (TPSA) is 139 Å². The fourth-order valence-corrected chi connectivity index (χ4v) is 2.36. The van der Waals surface area contributed by atoms with Gasteiger partial charge in [-0.05, 0) is 25.0 Å². The van der Waals surface area contributed by atoms with Crippen molar-refractivity contribution in [1.29, 1.82) is 0 Å². The van der Waals surface area contributed by atoms with Gasteiger partial charge in [-0.15, -0.1) is 0 Å². The summed E-state index contributed by atoms with van der Waals surface area (Å²) in [5.41, 5.74) is -0.856. The van der Waals surface area contributed by atoms with Crippen molar-refractivity contribution in [3.05, 3.63) is 39.9 Å². The first-order chi connectivity index (χ1) is 12.3. The van der Waals surface area contributed by atoms with Crippen LogP contribution in [-0.2, 0) is 9.59 Å². The predicted octanol–water partition coefficient (Wildman–Crippen LogP) is 1.72. The number of amides is 2. The average molecular weight is 365 g/mol. The van der Waals surface area contributed by atoms with Crippen LogP contribution in [0.5, 0.6) is 0 Å². The second-order valence-corrected chi connectivity index (χ2v) is 5.88. The summed E-state index contributed by atoms with van der Waals surface area (Å²) in [7, 11) is 0. The van der Waals surface area contributed by atoms with Crippen molar-refractivity contribution < 1.29 is 24.4 Å². The van der Waals surface area contributed by atoms with Crippen LogP contribution in [0.1, 0.15) is 43.5 Å². The van der Waals surface area contributed by atoms with Gasteiger partial charge in [0.05, 0.1) is 10.3 Å². The van der Waals surface area contributed by atoms with E-state index >= 15 is 0 Å². The third kappa shape index (κ3) is 5.54. The Kier molecular flexibility index (Phi) is 7.70. The van der Waals surface area contributed by atoms with E-state index in [1.54, 1.807) is 13.8 Å². The lowest BCUT2D eigenvalue weighted by atomic mass is 9.82. The standard InChI is InChI=1S/C17H23N3O6/c1-3-17(4-2,16(23)24)11-19-14(21)9-10-18-15(22)12-5-7-13(8-6-12)20(25)26/h5-8H,3-4,9-11H2,1-2H3,(H,18,22)(H,19,21)(H,23,24). The van der Waals surface area contributed by atoms with Crippen molar-refractivity contribution in [2.24, 2.45) is 5.41 Å². The number of aliphatic carboxylic acids is 1. The summed E-state index contributed by atoms with van der Waals surface area (Å²) < 4.78 is 0. The van der Waals surface area contributed by atoms with Gasteiger partial charge >= 0.3 is 5.97 Å². The lowest BCUT2D eigenvalue weighted by Crippen LogP contribution is -2.43. The largest absolute Gasteiger partial charge is 0.481 e. The van der Waals surface area contributed by atoms with Gasteiger partial charge in [0.1, 0.15) is 0 Å². The maximum atomic E-state index is 11.9. The number of carboxylic acid groups (broad SMARTS) is 1. The van der Waals surface area contributed by atoms with Crippen molar-refractivity contribution in [1.82, 2.24) is 10.6 Å². The summed E-state index contributed by atoms with van der Waals surface area (Å²) in [6.07, 6.45) is 0.799. The molecule has 0 unspecified atom stereocenters. The molecular weight excluding hydrogens is 342 g/mol. The fourth-order valence-electron chi connectivity index (χ4n) is 2.36. The summed E-state index contributed by atoms with van der Waals surface area (Å²) in [4.78, 5) is 45.2. The van der Waals surface area contributed by atoms with Gasteiger partial charge in [-0.3, -0.25) is 24.5 Å². The van der Waals surface area contributed by atoms with Gasteiger partial charge in [0.15, 0.2) is 0 Å². The van der Waals surface area contributed by atoms with Gasteiger partial charge in [0, 0.05) is 37.2 Å². The molecule has 142 valence electrons. The number of nitro benzene ring substituents is 1. The molecule has 0 aromatic heterocycles. The fraction of sp³-hybridized carbons (Fsp3) is 0.471. The highest BCUT2D eigenvalue weighted by atomic mass is 16.6. The van der Waals surface area contributed by atoms with Gasteiger partial charge in [-0.2, -0.15) is 0 Å². The van der Waals surface area contributed by atoms with E-state index < -0.39 is 22.2 Å². The predicted molar refractivity (Wildman–Crippen MR) is 93.7 cm³/mol. The molecule has 3 N–H and O–H groups in total. The third-order valence-corrected chi connectivity index (χ3v) is 4.41. The quantitative estimate of drug-likeness (QED) is 0.426. The minimum atomic E-state index is -0.988. The van der Waals surface area contributed by atoms with Gasteiger partial charge < -0.3 is 15.7 Å². The van der Waals surface area contributed by atoms with Crippen molar-refractivity contribution in [3.63, 3.8) is 0 Å². The number of carbonyl (C=O) groups is 3. The first-order valence-electron chi connectivity index (χ1n) is 8.28. The highest BCUT2D eigenvalue weighted by Crippen LogP contribution is 2.25. The maximum absolute atomic E-state index is 11.9. The number of nitrogens with one attached hydrogen (secondary N) is 2. The normalized spacial score (nSPS) is 10.8. The molecule has 0 heterocycles.